The number of para-hydroxylation sites is 1. The molecule has 0 aromatic heterocycles. The second kappa shape index (κ2) is 6.83. The molecule has 0 aliphatic rings. The maximum atomic E-state index is 13.8. The number of aliphatic hydroxyl groups is 1. The highest BCUT2D eigenvalue weighted by Crippen LogP contribution is 2.30. The van der Waals surface area contributed by atoms with Crippen LogP contribution in [-0.4, -0.2) is 11.7 Å². The van der Waals surface area contributed by atoms with E-state index in [2.05, 4.69) is 4.74 Å². The Morgan fingerprint density at radius 3 is 2.52 bits per heavy atom. The van der Waals surface area contributed by atoms with Gasteiger partial charge in [-0.15, -0.1) is 0 Å². The van der Waals surface area contributed by atoms with Gasteiger partial charge in [0.05, 0.1) is 11.1 Å². The van der Waals surface area contributed by atoms with Crippen molar-refractivity contribution in [2.24, 2.45) is 0 Å². The molecule has 0 aliphatic heterocycles. The molecule has 0 radical (unpaired) electrons. The lowest BCUT2D eigenvalue weighted by molar-refractivity contribution is -0.0515. The highest BCUT2D eigenvalue weighted by atomic mass is 35.5. The smallest absolute Gasteiger partial charge is 0.387 e. The Kier molecular flexibility index (Phi) is 5.09. The number of halogens is 4. The van der Waals surface area contributed by atoms with Gasteiger partial charge in [-0.3, -0.25) is 0 Å². The molecule has 1 N–H and O–H groups in total. The van der Waals surface area contributed by atoms with Crippen molar-refractivity contribution < 1.29 is 23.0 Å². The summed E-state index contributed by atoms with van der Waals surface area (Å²) in [6.45, 7) is -3.00. The van der Waals surface area contributed by atoms with Gasteiger partial charge in [0.15, 0.2) is 0 Å². The highest BCUT2D eigenvalue weighted by molar-refractivity contribution is 6.30. The average molecular weight is 317 g/mol. The minimum absolute atomic E-state index is 0.0585. The third kappa shape index (κ3) is 3.89. The van der Waals surface area contributed by atoms with Crippen LogP contribution in [0.3, 0.4) is 0 Å². The van der Waals surface area contributed by atoms with E-state index in [0.717, 1.165) is 0 Å². The van der Waals surface area contributed by atoms with Gasteiger partial charge in [-0.25, -0.2) is 4.39 Å². The Labute approximate surface area is 124 Å². The molecule has 2 rings (SSSR count). The Morgan fingerprint density at radius 1 is 1.10 bits per heavy atom. The zero-order valence-electron chi connectivity index (χ0n) is 10.8. The maximum absolute atomic E-state index is 13.8. The zero-order valence-corrected chi connectivity index (χ0v) is 11.5. The summed E-state index contributed by atoms with van der Waals surface area (Å²) in [5.41, 5.74) is 0.360. The summed E-state index contributed by atoms with van der Waals surface area (Å²) in [6, 6.07) is 10.3. The van der Waals surface area contributed by atoms with Crippen LogP contribution in [0.25, 0.3) is 0 Å². The molecular formula is C15H12ClF3O2. The van der Waals surface area contributed by atoms with E-state index in [1.54, 1.807) is 12.1 Å². The number of rotatable bonds is 5. The van der Waals surface area contributed by atoms with Crippen molar-refractivity contribution in [3.8, 4) is 5.75 Å². The Balaban J connectivity index is 2.24. The van der Waals surface area contributed by atoms with E-state index in [4.69, 9.17) is 11.6 Å². The van der Waals surface area contributed by atoms with Crippen molar-refractivity contribution in [3.05, 3.63) is 64.4 Å². The first-order chi connectivity index (χ1) is 9.99. The molecule has 112 valence electrons. The molecule has 1 atom stereocenters. The summed E-state index contributed by atoms with van der Waals surface area (Å²) in [4.78, 5) is 0. The van der Waals surface area contributed by atoms with Gasteiger partial charge in [-0.1, -0.05) is 41.9 Å². The lowest BCUT2D eigenvalue weighted by Crippen LogP contribution is -2.09. The first kappa shape index (κ1) is 15.7. The van der Waals surface area contributed by atoms with Gasteiger partial charge in [0.1, 0.15) is 11.6 Å². The van der Waals surface area contributed by atoms with Crippen molar-refractivity contribution in [2.75, 3.05) is 0 Å². The van der Waals surface area contributed by atoms with E-state index in [1.807, 2.05) is 0 Å². The van der Waals surface area contributed by atoms with Gasteiger partial charge < -0.3 is 9.84 Å². The fraction of sp³-hybridized carbons (Fsp3) is 0.200. The normalized spacial score (nSPS) is 12.5. The molecule has 0 amide bonds. The summed E-state index contributed by atoms with van der Waals surface area (Å²) in [6.07, 6.45) is -1.29. The molecule has 1 unspecified atom stereocenters. The monoisotopic (exact) mass is 316 g/mol. The summed E-state index contributed by atoms with van der Waals surface area (Å²) >= 11 is 5.66. The maximum Gasteiger partial charge on any atom is 0.387 e. The van der Waals surface area contributed by atoms with E-state index in [-0.39, 0.29) is 28.3 Å². The molecule has 21 heavy (non-hydrogen) atoms. The summed E-state index contributed by atoms with van der Waals surface area (Å²) in [7, 11) is 0. The first-order valence-corrected chi connectivity index (χ1v) is 6.51. The van der Waals surface area contributed by atoms with E-state index >= 15 is 0 Å². The van der Waals surface area contributed by atoms with E-state index in [1.165, 1.54) is 30.3 Å². The van der Waals surface area contributed by atoms with Gasteiger partial charge in [0.25, 0.3) is 0 Å². The summed E-state index contributed by atoms with van der Waals surface area (Å²) < 4.78 is 42.8. The summed E-state index contributed by atoms with van der Waals surface area (Å²) in [5, 5.41) is 10.1. The Bertz CT molecular complexity index is 620. The molecular weight excluding hydrogens is 305 g/mol. The largest absolute Gasteiger partial charge is 0.434 e. The van der Waals surface area contributed by atoms with Crippen molar-refractivity contribution >= 4 is 11.6 Å². The average Bonchev–Trinajstić information content (AvgIpc) is 2.44. The Morgan fingerprint density at radius 2 is 1.81 bits per heavy atom. The predicted octanol–water partition coefficient (Wildman–Crippen LogP) is 4.36. The molecule has 0 bridgehead atoms. The zero-order chi connectivity index (χ0) is 15.4. The van der Waals surface area contributed by atoms with Gasteiger partial charge in [-0.05, 0) is 17.7 Å². The van der Waals surface area contributed by atoms with Crippen LogP contribution >= 0.6 is 11.6 Å². The number of hydrogen-bond acceptors (Lipinski definition) is 2. The lowest BCUT2D eigenvalue weighted by Gasteiger charge is -2.16. The molecule has 0 saturated carbocycles. The fourth-order valence-electron chi connectivity index (χ4n) is 1.98. The van der Waals surface area contributed by atoms with Crippen molar-refractivity contribution in [3.63, 3.8) is 0 Å². The highest BCUT2D eigenvalue weighted by Gasteiger charge is 2.18. The molecule has 2 aromatic rings. The fourth-order valence-corrected chi connectivity index (χ4v) is 2.18. The molecule has 0 heterocycles. The van der Waals surface area contributed by atoms with Crippen LogP contribution < -0.4 is 4.74 Å². The van der Waals surface area contributed by atoms with Crippen LogP contribution in [-0.2, 0) is 6.42 Å². The number of ether oxygens (including phenoxy) is 1. The second-order valence-electron chi connectivity index (χ2n) is 4.35. The standard InChI is InChI=1S/C15H12ClF3O2/c16-11-6-3-4-9(14(11)17)8-12(20)10-5-1-2-7-13(10)21-15(18)19/h1-7,12,15,20H,8H2. The van der Waals surface area contributed by atoms with Crippen LogP contribution in [0.5, 0.6) is 5.75 Å². The molecule has 2 aromatic carbocycles. The van der Waals surface area contributed by atoms with Crippen LogP contribution in [0.4, 0.5) is 13.2 Å². The van der Waals surface area contributed by atoms with Crippen molar-refractivity contribution in [1.82, 2.24) is 0 Å². The number of hydrogen-bond donors (Lipinski definition) is 1. The SMILES string of the molecule is OC(Cc1cccc(Cl)c1F)c1ccccc1OC(F)F. The minimum Gasteiger partial charge on any atom is -0.434 e. The molecule has 2 nitrogen and oxygen atoms in total. The van der Waals surface area contributed by atoms with Gasteiger partial charge in [-0.2, -0.15) is 8.78 Å². The second-order valence-corrected chi connectivity index (χ2v) is 4.76. The molecule has 0 fully saturated rings. The first-order valence-electron chi connectivity index (χ1n) is 6.13. The van der Waals surface area contributed by atoms with E-state index < -0.39 is 18.5 Å². The predicted molar refractivity (Wildman–Crippen MR) is 73.1 cm³/mol. The Hall–Kier alpha value is -1.72. The molecule has 6 heteroatoms. The van der Waals surface area contributed by atoms with Crippen LogP contribution in [0, 0.1) is 5.82 Å². The van der Waals surface area contributed by atoms with E-state index in [9.17, 15) is 18.3 Å². The minimum atomic E-state index is -3.00. The van der Waals surface area contributed by atoms with Gasteiger partial charge in [0.2, 0.25) is 0 Å². The van der Waals surface area contributed by atoms with Crippen molar-refractivity contribution in [2.45, 2.75) is 19.1 Å². The van der Waals surface area contributed by atoms with E-state index in [0.29, 0.717) is 0 Å². The lowest BCUT2D eigenvalue weighted by atomic mass is 10.0. The topological polar surface area (TPSA) is 29.5 Å². The number of alkyl halides is 2. The number of aliphatic hydroxyl groups excluding tert-OH is 1. The third-order valence-electron chi connectivity index (χ3n) is 2.94. The quantitative estimate of drug-likeness (QED) is 0.888. The molecule has 0 aliphatic carbocycles. The van der Waals surface area contributed by atoms with Crippen LogP contribution in [0.1, 0.15) is 17.2 Å². The molecule has 0 spiro atoms. The summed E-state index contributed by atoms with van der Waals surface area (Å²) in [5.74, 6) is -0.770. The third-order valence-corrected chi connectivity index (χ3v) is 3.23. The van der Waals surface area contributed by atoms with Crippen LogP contribution in [0.15, 0.2) is 42.5 Å². The van der Waals surface area contributed by atoms with Crippen molar-refractivity contribution in [1.29, 1.82) is 0 Å². The number of benzene rings is 2. The van der Waals surface area contributed by atoms with Gasteiger partial charge >= 0.3 is 6.61 Å². The van der Waals surface area contributed by atoms with Crippen LogP contribution in [0.2, 0.25) is 5.02 Å². The molecule has 0 saturated heterocycles. The van der Waals surface area contributed by atoms with Gasteiger partial charge in [0, 0.05) is 12.0 Å².